The zero-order chi connectivity index (χ0) is 14.5. The number of piperidine rings is 1. The third kappa shape index (κ3) is 3.33. The van der Waals surface area contributed by atoms with Gasteiger partial charge in [0.1, 0.15) is 5.75 Å². The molecular formula is C17H28N2O. The van der Waals surface area contributed by atoms with Gasteiger partial charge in [-0.3, -0.25) is 4.90 Å². The Morgan fingerprint density at radius 2 is 1.80 bits per heavy atom. The first-order valence-electron chi connectivity index (χ1n) is 7.87. The number of ether oxygens (including phenoxy) is 1. The van der Waals surface area contributed by atoms with Gasteiger partial charge in [-0.15, -0.1) is 0 Å². The molecule has 1 fully saturated rings. The second-order valence-corrected chi connectivity index (χ2v) is 5.83. The highest BCUT2D eigenvalue weighted by atomic mass is 16.5. The van der Waals surface area contributed by atoms with Gasteiger partial charge in [0.15, 0.2) is 0 Å². The molecular weight excluding hydrogens is 248 g/mol. The number of nitrogens with two attached hydrogens (primary N) is 1. The van der Waals surface area contributed by atoms with Crippen LogP contribution in [0.5, 0.6) is 5.75 Å². The van der Waals surface area contributed by atoms with Crippen molar-refractivity contribution in [3.8, 4) is 5.75 Å². The molecule has 112 valence electrons. The smallest absolute Gasteiger partial charge is 0.119 e. The summed E-state index contributed by atoms with van der Waals surface area (Å²) in [6, 6.07) is 9.98. The summed E-state index contributed by atoms with van der Waals surface area (Å²) in [5.74, 6) is 0.937. The van der Waals surface area contributed by atoms with E-state index in [1.165, 1.54) is 24.8 Å². The molecule has 1 aromatic carbocycles. The lowest BCUT2D eigenvalue weighted by Crippen LogP contribution is -2.48. The molecule has 2 N–H and O–H groups in total. The molecule has 20 heavy (non-hydrogen) atoms. The summed E-state index contributed by atoms with van der Waals surface area (Å²) in [4.78, 5) is 2.60. The van der Waals surface area contributed by atoms with E-state index in [1.54, 1.807) is 0 Å². The molecule has 0 radical (unpaired) electrons. The lowest BCUT2D eigenvalue weighted by atomic mass is 9.92. The summed E-state index contributed by atoms with van der Waals surface area (Å²) < 4.78 is 5.52. The largest absolute Gasteiger partial charge is 0.494 e. The van der Waals surface area contributed by atoms with Crippen LogP contribution >= 0.6 is 0 Å². The van der Waals surface area contributed by atoms with Gasteiger partial charge >= 0.3 is 0 Å². The maximum absolute atomic E-state index is 6.08. The Kier molecular flexibility index (Phi) is 5.44. The molecule has 2 rings (SSSR count). The highest BCUT2D eigenvalue weighted by molar-refractivity contribution is 5.29. The summed E-state index contributed by atoms with van der Waals surface area (Å²) in [6.45, 7) is 8.04. The van der Waals surface area contributed by atoms with E-state index in [-0.39, 0.29) is 0 Å². The van der Waals surface area contributed by atoms with Gasteiger partial charge in [0.25, 0.3) is 0 Å². The lowest BCUT2D eigenvalue weighted by Gasteiger charge is -2.44. The van der Waals surface area contributed by atoms with Crippen LogP contribution in [0, 0.1) is 0 Å². The minimum atomic E-state index is 0.316. The van der Waals surface area contributed by atoms with Crippen molar-refractivity contribution < 1.29 is 4.74 Å². The summed E-state index contributed by atoms with van der Waals surface area (Å²) in [6.07, 6.45) is 3.88. The number of rotatable bonds is 5. The van der Waals surface area contributed by atoms with E-state index in [1.807, 2.05) is 6.92 Å². The minimum Gasteiger partial charge on any atom is -0.494 e. The number of nitrogens with zero attached hydrogens (tertiary/aromatic N) is 1. The Morgan fingerprint density at radius 3 is 2.30 bits per heavy atom. The Bertz CT molecular complexity index is 394. The number of benzene rings is 1. The van der Waals surface area contributed by atoms with Crippen molar-refractivity contribution in [3.63, 3.8) is 0 Å². The summed E-state index contributed by atoms with van der Waals surface area (Å²) >= 11 is 0. The Labute approximate surface area is 123 Å². The molecule has 3 atom stereocenters. The van der Waals surface area contributed by atoms with Gasteiger partial charge in [-0.25, -0.2) is 0 Å². The fraction of sp³-hybridized carbons (Fsp3) is 0.647. The molecule has 0 saturated carbocycles. The maximum Gasteiger partial charge on any atom is 0.119 e. The molecule has 1 aromatic rings. The monoisotopic (exact) mass is 276 g/mol. The summed E-state index contributed by atoms with van der Waals surface area (Å²) in [7, 11) is 0. The topological polar surface area (TPSA) is 38.5 Å². The number of hydrogen-bond donors (Lipinski definition) is 1. The van der Waals surface area contributed by atoms with E-state index >= 15 is 0 Å². The second kappa shape index (κ2) is 7.09. The van der Waals surface area contributed by atoms with E-state index < -0.39 is 0 Å². The summed E-state index contributed by atoms with van der Waals surface area (Å²) in [5.41, 5.74) is 7.39. The van der Waals surface area contributed by atoms with Crippen LogP contribution in [0.3, 0.4) is 0 Å². The van der Waals surface area contributed by atoms with Crippen LogP contribution in [-0.2, 0) is 0 Å². The second-order valence-electron chi connectivity index (χ2n) is 5.83. The molecule has 1 aliphatic rings. The van der Waals surface area contributed by atoms with Crippen molar-refractivity contribution in [1.82, 2.24) is 4.90 Å². The first-order chi connectivity index (χ1) is 9.67. The molecule has 1 saturated heterocycles. The fourth-order valence-corrected chi connectivity index (χ4v) is 3.44. The van der Waals surface area contributed by atoms with E-state index in [2.05, 4.69) is 43.0 Å². The van der Waals surface area contributed by atoms with E-state index in [4.69, 9.17) is 10.5 Å². The van der Waals surface area contributed by atoms with Crippen LogP contribution in [0.2, 0.25) is 0 Å². The molecule has 0 bridgehead atoms. The van der Waals surface area contributed by atoms with Gasteiger partial charge in [0, 0.05) is 24.7 Å². The van der Waals surface area contributed by atoms with Crippen molar-refractivity contribution in [1.29, 1.82) is 0 Å². The minimum absolute atomic E-state index is 0.316. The molecule has 0 aliphatic carbocycles. The third-order valence-electron chi connectivity index (χ3n) is 4.42. The van der Waals surface area contributed by atoms with Crippen LogP contribution in [0.1, 0.15) is 51.6 Å². The quantitative estimate of drug-likeness (QED) is 0.896. The fourth-order valence-electron chi connectivity index (χ4n) is 3.44. The number of hydrogen-bond acceptors (Lipinski definition) is 3. The van der Waals surface area contributed by atoms with Crippen LogP contribution in [0.15, 0.2) is 24.3 Å². The number of likely N-dealkylation sites (tertiary alicyclic amines) is 1. The molecule has 3 heteroatoms. The van der Waals surface area contributed by atoms with E-state index in [0.29, 0.717) is 31.3 Å². The Morgan fingerprint density at radius 1 is 1.20 bits per heavy atom. The predicted octanol–water partition coefficient (Wildman–Crippen LogP) is 3.35. The highest BCUT2D eigenvalue weighted by Crippen LogP contribution is 2.32. The molecule has 1 aliphatic heterocycles. The normalized spacial score (nSPS) is 25.4. The van der Waals surface area contributed by atoms with E-state index in [9.17, 15) is 0 Å². The lowest BCUT2D eigenvalue weighted by molar-refractivity contribution is 0.0577. The van der Waals surface area contributed by atoms with Crippen molar-refractivity contribution >= 4 is 0 Å². The van der Waals surface area contributed by atoms with Crippen LogP contribution in [-0.4, -0.2) is 30.1 Å². The Balaban J connectivity index is 2.17. The van der Waals surface area contributed by atoms with Gasteiger partial charge in [-0.2, -0.15) is 0 Å². The molecule has 0 aromatic heterocycles. The average Bonchev–Trinajstić information content (AvgIpc) is 2.45. The molecule has 0 amide bonds. The van der Waals surface area contributed by atoms with Crippen molar-refractivity contribution in [2.45, 2.75) is 58.2 Å². The first kappa shape index (κ1) is 15.3. The van der Waals surface area contributed by atoms with Crippen molar-refractivity contribution in [2.75, 3.05) is 13.2 Å². The van der Waals surface area contributed by atoms with Crippen molar-refractivity contribution in [3.05, 3.63) is 29.8 Å². The summed E-state index contributed by atoms with van der Waals surface area (Å²) in [5, 5.41) is 0. The zero-order valence-corrected chi connectivity index (χ0v) is 13.0. The Hall–Kier alpha value is -1.06. The zero-order valence-electron chi connectivity index (χ0n) is 13.0. The van der Waals surface area contributed by atoms with Gasteiger partial charge in [-0.05, 0) is 51.3 Å². The van der Waals surface area contributed by atoms with Gasteiger partial charge in [0.2, 0.25) is 0 Å². The SMILES string of the molecule is CCOc1ccc(C(CN)N2[C@H](C)CCC[C@@H]2C)cc1. The molecule has 0 spiro atoms. The maximum atomic E-state index is 6.08. The first-order valence-corrected chi connectivity index (χ1v) is 7.87. The van der Waals surface area contributed by atoms with Crippen LogP contribution in [0.4, 0.5) is 0 Å². The van der Waals surface area contributed by atoms with Gasteiger partial charge in [0.05, 0.1) is 6.61 Å². The highest BCUT2D eigenvalue weighted by Gasteiger charge is 2.31. The molecule has 1 unspecified atom stereocenters. The molecule has 3 nitrogen and oxygen atoms in total. The van der Waals surface area contributed by atoms with Crippen LogP contribution in [0.25, 0.3) is 0 Å². The molecule has 1 heterocycles. The third-order valence-corrected chi connectivity index (χ3v) is 4.42. The van der Waals surface area contributed by atoms with Crippen LogP contribution < -0.4 is 10.5 Å². The standard InChI is InChI=1S/C17H28N2O/c1-4-20-16-10-8-15(9-11-16)17(12-18)19-13(2)6-5-7-14(19)3/h8-11,13-14,17H,4-7,12,18H2,1-3H3/t13-,14+,17?. The average molecular weight is 276 g/mol. The predicted molar refractivity (Wildman–Crippen MR) is 84.0 cm³/mol. The van der Waals surface area contributed by atoms with E-state index in [0.717, 1.165) is 5.75 Å². The van der Waals surface area contributed by atoms with Crippen molar-refractivity contribution in [2.24, 2.45) is 5.73 Å². The van der Waals surface area contributed by atoms with Gasteiger partial charge in [-0.1, -0.05) is 18.6 Å². The van der Waals surface area contributed by atoms with Gasteiger partial charge < -0.3 is 10.5 Å².